The van der Waals surface area contributed by atoms with E-state index in [9.17, 15) is 4.79 Å². The lowest BCUT2D eigenvalue weighted by Gasteiger charge is -2.14. The van der Waals surface area contributed by atoms with Gasteiger partial charge in [0.2, 0.25) is 5.91 Å². The molecular formula is C19H22Cl2N2O3. The highest BCUT2D eigenvalue weighted by molar-refractivity contribution is 6.35. The number of carbonyl (C=O) groups excluding carboxylic acids is 1. The number of nitrogens with two attached hydrogens (primary N) is 1. The first-order valence-electron chi connectivity index (χ1n) is 8.12. The van der Waals surface area contributed by atoms with Crippen molar-refractivity contribution in [2.24, 2.45) is 5.73 Å². The number of amides is 1. The molecule has 2 aromatic carbocycles. The zero-order chi connectivity index (χ0) is 19.1. The predicted octanol–water partition coefficient (Wildman–Crippen LogP) is 3.24. The normalized spacial score (nSPS) is 11.7. The summed E-state index contributed by atoms with van der Waals surface area (Å²) < 4.78 is 10.5. The molecule has 1 atom stereocenters. The average molecular weight is 397 g/mol. The quantitative estimate of drug-likeness (QED) is 0.717. The maximum absolute atomic E-state index is 12.2. The molecule has 0 fully saturated rings. The molecule has 5 nitrogen and oxygen atoms in total. The van der Waals surface area contributed by atoms with Crippen molar-refractivity contribution < 1.29 is 14.3 Å². The number of benzene rings is 2. The molecule has 0 spiro atoms. The monoisotopic (exact) mass is 396 g/mol. The molecule has 1 unspecified atom stereocenters. The van der Waals surface area contributed by atoms with Gasteiger partial charge in [-0.1, -0.05) is 35.3 Å². The molecule has 0 aliphatic heterocycles. The van der Waals surface area contributed by atoms with Crippen molar-refractivity contribution in [3.63, 3.8) is 0 Å². The Kier molecular flexibility index (Phi) is 7.57. The third-order valence-electron chi connectivity index (χ3n) is 3.95. The largest absolute Gasteiger partial charge is 0.493 e. The molecule has 1 amide bonds. The van der Waals surface area contributed by atoms with E-state index in [4.69, 9.17) is 38.4 Å². The standard InChI is InChI=1S/C19H22Cl2N2O3/c1-25-17-6-3-12(9-18(17)26-2)7-8-23-19(24)16(22)10-13-4-5-14(20)11-15(13)21/h3-6,9,11,16H,7-8,10,22H2,1-2H3,(H,23,24). The van der Waals surface area contributed by atoms with Gasteiger partial charge in [-0.25, -0.2) is 0 Å². The van der Waals surface area contributed by atoms with E-state index in [1.54, 1.807) is 32.4 Å². The van der Waals surface area contributed by atoms with E-state index in [2.05, 4.69) is 5.32 Å². The molecule has 2 aromatic rings. The van der Waals surface area contributed by atoms with Gasteiger partial charge in [0.15, 0.2) is 11.5 Å². The molecule has 26 heavy (non-hydrogen) atoms. The van der Waals surface area contributed by atoms with Gasteiger partial charge in [-0.3, -0.25) is 4.79 Å². The van der Waals surface area contributed by atoms with Crippen LogP contribution in [0.4, 0.5) is 0 Å². The zero-order valence-corrected chi connectivity index (χ0v) is 16.2. The molecule has 0 saturated heterocycles. The van der Waals surface area contributed by atoms with E-state index < -0.39 is 6.04 Å². The van der Waals surface area contributed by atoms with Gasteiger partial charge in [0.05, 0.1) is 20.3 Å². The van der Waals surface area contributed by atoms with E-state index in [1.807, 2.05) is 18.2 Å². The number of methoxy groups -OCH3 is 2. The summed E-state index contributed by atoms with van der Waals surface area (Å²) in [6.45, 7) is 0.469. The van der Waals surface area contributed by atoms with Crippen molar-refractivity contribution in [2.75, 3.05) is 20.8 Å². The second kappa shape index (κ2) is 9.67. The van der Waals surface area contributed by atoms with Crippen molar-refractivity contribution in [2.45, 2.75) is 18.9 Å². The number of ether oxygens (including phenoxy) is 2. The Bertz CT molecular complexity index is 768. The summed E-state index contributed by atoms with van der Waals surface area (Å²) in [6, 6.07) is 10.1. The first-order chi connectivity index (χ1) is 12.4. The van der Waals surface area contributed by atoms with Crippen LogP contribution >= 0.6 is 23.2 Å². The second-order valence-corrected chi connectivity index (χ2v) is 6.62. The zero-order valence-electron chi connectivity index (χ0n) is 14.7. The van der Waals surface area contributed by atoms with Crippen LogP contribution < -0.4 is 20.5 Å². The van der Waals surface area contributed by atoms with Crippen LogP contribution in [-0.4, -0.2) is 32.7 Å². The van der Waals surface area contributed by atoms with Gasteiger partial charge in [0, 0.05) is 16.6 Å². The smallest absolute Gasteiger partial charge is 0.237 e. The van der Waals surface area contributed by atoms with Crippen LogP contribution in [-0.2, 0) is 17.6 Å². The number of rotatable bonds is 8. The molecule has 0 saturated carbocycles. The van der Waals surface area contributed by atoms with E-state index in [1.165, 1.54) is 0 Å². The van der Waals surface area contributed by atoms with E-state index in [0.29, 0.717) is 40.9 Å². The number of carbonyl (C=O) groups is 1. The summed E-state index contributed by atoms with van der Waals surface area (Å²) in [5.74, 6) is 1.10. The highest BCUT2D eigenvalue weighted by Crippen LogP contribution is 2.27. The van der Waals surface area contributed by atoms with Gasteiger partial charge in [-0.15, -0.1) is 0 Å². The molecule has 0 heterocycles. The van der Waals surface area contributed by atoms with E-state index in [0.717, 1.165) is 11.1 Å². The summed E-state index contributed by atoms with van der Waals surface area (Å²) in [6.07, 6.45) is 0.999. The third-order valence-corrected chi connectivity index (χ3v) is 4.54. The van der Waals surface area contributed by atoms with Gasteiger partial charge in [-0.2, -0.15) is 0 Å². The highest BCUT2D eigenvalue weighted by Gasteiger charge is 2.15. The van der Waals surface area contributed by atoms with Crippen LogP contribution in [0, 0.1) is 0 Å². The van der Waals surface area contributed by atoms with Crippen LogP contribution in [0.25, 0.3) is 0 Å². The van der Waals surface area contributed by atoms with Crippen molar-refractivity contribution in [3.05, 3.63) is 57.6 Å². The van der Waals surface area contributed by atoms with Gasteiger partial charge in [-0.05, 0) is 48.2 Å². The molecule has 0 bridgehead atoms. The van der Waals surface area contributed by atoms with Crippen molar-refractivity contribution in [1.29, 1.82) is 0 Å². The molecule has 0 aromatic heterocycles. The van der Waals surface area contributed by atoms with Crippen LogP contribution in [0.5, 0.6) is 11.5 Å². The minimum Gasteiger partial charge on any atom is -0.493 e. The molecular weight excluding hydrogens is 375 g/mol. The van der Waals surface area contributed by atoms with Crippen LogP contribution in [0.1, 0.15) is 11.1 Å². The lowest BCUT2D eigenvalue weighted by Crippen LogP contribution is -2.42. The fourth-order valence-electron chi connectivity index (χ4n) is 2.51. The summed E-state index contributed by atoms with van der Waals surface area (Å²) in [5, 5.41) is 3.90. The van der Waals surface area contributed by atoms with Crippen molar-refractivity contribution in [1.82, 2.24) is 5.32 Å². The second-order valence-electron chi connectivity index (χ2n) is 5.78. The Morgan fingerprint density at radius 1 is 1.12 bits per heavy atom. The molecule has 0 aliphatic carbocycles. The topological polar surface area (TPSA) is 73.6 Å². The summed E-state index contributed by atoms with van der Waals surface area (Å²) >= 11 is 12.0. The maximum Gasteiger partial charge on any atom is 0.237 e. The molecule has 3 N–H and O–H groups in total. The van der Waals surface area contributed by atoms with E-state index in [-0.39, 0.29) is 5.91 Å². The minimum absolute atomic E-state index is 0.225. The van der Waals surface area contributed by atoms with Gasteiger partial charge >= 0.3 is 0 Å². The lowest BCUT2D eigenvalue weighted by molar-refractivity contribution is -0.122. The maximum atomic E-state index is 12.2. The van der Waals surface area contributed by atoms with Gasteiger partial charge in [0.25, 0.3) is 0 Å². The van der Waals surface area contributed by atoms with Gasteiger partial charge in [0.1, 0.15) is 0 Å². The lowest BCUT2D eigenvalue weighted by atomic mass is 10.1. The summed E-state index contributed by atoms with van der Waals surface area (Å²) in [5.41, 5.74) is 7.79. The number of nitrogens with one attached hydrogen (secondary N) is 1. The third kappa shape index (κ3) is 5.53. The number of hydrogen-bond acceptors (Lipinski definition) is 4. The fourth-order valence-corrected chi connectivity index (χ4v) is 3.00. The Hall–Kier alpha value is -1.95. The Balaban J connectivity index is 1.86. The van der Waals surface area contributed by atoms with Crippen LogP contribution in [0.2, 0.25) is 10.0 Å². The van der Waals surface area contributed by atoms with E-state index >= 15 is 0 Å². The van der Waals surface area contributed by atoms with Crippen molar-refractivity contribution in [3.8, 4) is 11.5 Å². The molecule has 7 heteroatoms. The highest BCUT2D eigenvalue weighted by atomic mass is 35.5. The Morgan fingerprint density at radius 3 is 2.50 bits per heavy atom. The molecule has 2 rings (SSSR count). The Labute approximate surface area is 163 Å². The number of halogens is 2. The summed E-state index contributed by atoms with van der Waals surface area (Å²) in [4.78, 5) is 12.2. The summed E-state index contributed by atoms with van der Waals surface area (Å²) in [7, 11) is 3.18. The van der Waals surface area contributed by atoms with Crippen LogP contribution in [0.15, 0.2) is 36.4 Å². The average Bonchev–Trinajstić information content (AvgIpc) is 2.63. The minimum atomic E-state index is -0.681. The van der Waals surface area contributed by atoms with Crippen molar-refractivity contribution >= 4 is 29.1 Å². The number of hydrogen-bond donors (Lipinski definition) is 2. The molecule has 0 radical (unpaired) electrons. The molecule has 0 aliphatic rings. The predicted molar refractivity (Wildman–Crippen MR) is 104 cm³/mol. The van der Waals surface area contributed by atoms with Gasteiger partial charge < -0.3 is 20.5 Å². The fraction of sp³-hybridized carbons (Fsp3) is 0.316. The SMILES string of the molecule is COc1ccc(CCNC(=O)C(N)Cc2ccc(Cl)cc2Cl)cc1OC. The Morgan fingerprint density at radius 2 is 1.85 bits per heavy atom. The first kappa shape index (κ1) is 20.4. The molecule has 140 valence electrons. The first-order valence-corrected chi connectivity index (χ1v) is 8.88. The van der Waals surface area contributed by atoms with Crippen LogP contribution in [0.3, 0.4) is 0 Å².